The molecule has 3 aliphatic rings. The molecule has 6 atom stereocenters. The number of aromatic hydroxyl groups is 1. The van der Waals surface area contributed by atoms with E-state index < -0.39 is 87.3 Å². The van der Waals surface area contributed by atoms with Gasteiger partial charge in [-0.2, -0.15) is 0 Å². The molecular formula is C25H29N3O9. The first-order valence-corrected chi connectivity index (χ1v) is 11.5. The molecule has 0 aliphatic heterocycles. The Morgan fingerprint density at radius 2 is 1.65 bits per heavy atom. The molecule has 7 N–H and O–H groups in total. The Labute approximate surface area is 211 Å². The number of primary amides is 1. The van der Waals surface area contributed by atoms with E-state index in [0.29, 0.717) is 0 Å². The Hall–Kier alpha value is -3.74. The predicted octanol–water partition coefficient (Wildman–Crippen LogP) is -0.646. The number of aliphatic hydroxyl groups excluding tert-OH is 3. The number of phenols is 1. The zero-order chi connectivity index (χ0) is 27.9. The summed E-state index contributed by atoms with van der Waals surface area (Å²) >= 11 is 0. The van der Waals surface area contributed by atoms with Crippen LogP contribution >= 0.6 is 0 Å². The van der Waals surface area contributed by atoms with Gasteiger partial charge in [-0.15, -0.1) is 0 Å². The minimum absolute atomic E-state index is 0.0906. The molecular weight excluding hydrogens is 486 g/mol. The third-order valence-corrected chi connectivity index (χ3v) is 7.75. The van der Waals surface area contributed by atoms with Gasteiger partial charge in [0.15, 0.2) is 11.4 Å². The quantitative estimate of drug-likeness (QED) is 0.281. The summed E-state index contributed by atoms with van der Waals surface area (Å²) in [6.45, 7) is 1.57. The summed E-state index contributed by atoms with van der Waals surface area (Å²) in [6, 6.07) is 1.13. The molecule has 12 heteroatoms. The number of amides is 2. The molecule has 0 aromatic heterocycles. The highest BCUT2D eigenvalue weighted by Crippen LogP contribution is 2.56. The van der Waals surface area contributed by atoms with Crippen LogP contribution < -0.4 is 5.73 Å². The maximum Gasteiger partial charge on any atom is 0.255 e. The van der Waals surface area contributed by atoms with Crippen LogP contribution in [0.15, 0.2) is 34.8 Å². The second kappa shape index (κ2) is 8.40. The second-order valence-electron chi connectivity index (χ2n) is 10.2. The topological polar surface area (TPSA) is 202 Å². The average molecular weight is 516 g/mol. The molecule has 4 rings (SSSR count). The van der Waals surface area contributed by atoms with Gasteiger partial charge in [-0.1, -0.05) is 6.92 Å². The molecule has 0 fully saturated rings. The van der Waals surface area contributed by atoms with Crippen molar-refractivity contribution < 1.29 is 44.7 Å². The van der Waals surface area contributed by atoms with Gasteiger partial charge in [0.05, 0.1) is 23.6 Å². The lowest BCUT2D eigenvalue weighted by Gasteiger charge is -2.53. The Bertz CT molecular complexity index is 1330. The highest BCUT2D eigenvalue weighted by atomic mass is 16.4. The monoisotopic (exact) mass is 515 g/mol. The van der Waals surface area contributed by atoms with E-state index in [-0.39, 0.29) is 16.7 Å². The zero-order valence-corrected chi connectivity index (χ0v) is 20.9. The smallest absolute Gasteiger partial charge is 0.255 e. The van der Waals surface area contributed by atoms with Gasteiger partial charge in [-0.25, -0.2) is 0 Å². The lowest BCUT2D eigenvalue weighted by Crippen LogP contribution is -2.68. The Balaban J connectivity index is 2.07. The van der Waals surface area contributed by atoms with Gasteiger partial charge in [0.2, 0.25) is 5.78 Å². The lowest BCUT2D eigenvalue weighted by atomic mass is 9.55. The van der Waals surface area contributed by atoms with Crippen LogP contribution in [0.5, 0.6) is 5.75 Å². The van der Waals surface area contributed by atoms with Crippen molar-refractivity contribution in [1.82, 2.24) is 9.80 Å². The van der Waals surface area contributed by atoms with Crippen LogP contribution in [0.25, 0.3) is 0 Å². The predicted molar refractivity (Wildman–Crippen MR) is 128 cm³/mol. The van der Waals surface area contributed by atoms with E-state index in [1.54, 1.807) is 6.92 Å². The Morgan fingerprint density at radius 1 is 1.05 bits per heavy atom. The van der Waals surface area contributed by atoms with E-state index in [9.17, 15) is 44.7 Å². The van der Waals surface area contributed by atoms with Gasteiger partial charge in [-0.3, -0.25) is 24.1 Å². The number of carbonyl (C=O) groups excluding carboxylic acids is 4. The maximum absolute atomic E-state index is 13.7. The molecule has 0 radical (unpaired) electrons. The van der Waals surface area contributed by atoms with Crippen molar-refractivity contribution in [3.8, 4) is 5.75 Å². The number of ketones is 2. The van der Waals surface area contributed by atoms with E-state index >= 15 is 0 Å². The third kappa shape index (κ3) is 3.26. The molecule has 0 unspecified atom stereocenters. The first-order valence-electron chi connectivity index (χ1n) is 11.5. The van der Waals surface area contributed by atoms with Crippen molar-refractivity contribution in [3.05, 3.63) is 51.5 Å². The molecule has 0 bridgehead atoms. The number of nitrogens with two attached hydrogens (primary N) is 1. The van der Waals surface area contributed by atoms with E-state index in [2.05, 4.69) is 0 Å². The molecule has 1 aromatic rings. The number of aliphatic hydroxyl groups is 4. The molecule has 198 valence electrons. The Morgan fingerprint density at radius 3 is 2.16 bits per heavy atom. The number of carbonyl (C=O) groups is 4. The van der Waals surface area contributed by atoms with Crippen LogP contribution in [0.3, 0.4) is 0 Å². The molecule has 3 aliphatic carbocycles. The molecule has 1 aromatic carbocycles. The second-order valence-corrected chi connectivity index (χ2v) is 10.2. The number of fused-ring (bicyclic) bond motifs is 3. The number of hydrogen-bond donors (Lipinski definition) is 6. The number of rotatable bonds is 3. The fourth-order valence-electron chi connectivity index (χ4n) is 6.13. The summed E-state index contributed by atoms with van der Waals surface area (Å²) in [5.74, 6) is -10.5. The van der Waals surface area contributed by atoms with E-state index in [1.165, 1.54) is 44.1 Å². The summed E-state index contributed by atoms with van der Waals surface area (Å²) in [7, 11) is 5.92. The number of Topliss-reactive ketones (excluding diaryl/α,β-unsaturated/α-hetero) is 2. The van der Waals surface area contributed by atoms with E-state index in [4.69, 9.17) is 5.73 Å². The number of likely N-dealkylation sites (N-methyl/N-ethyl adjacent to an activating group) is 1. The molecule has 0 heterocycles. The normalized spacial score (nSPS) is 31.2. The van der Waals surface area contributed by atoms with Crippen LogP contribution in [-0.2, 0) is 9.59 Å². The zero-order valence-electron chi connectivity index (χ0n) is 20.9. The number of nitrogens with zero attached hydrogens (tertiary/aromatic N) is 2. The van der Waals surface area contributed by atoms with Crippen LogP contribution in [0.1, 0.15) is 39.1 Å². The Kier molecular flexibility index (Phi) is 5.98. The lowest BCUT2D eigenvalue weighted by molar-refractivity contribution is -0.162. The standard InChI is InChI=1S/C25H29N3O9/c1-8-11-9(24(36)28(4)5)6-7-10(29)13(11)18(30)14-12(8)19(31)16-17(27(2)3)20(32)15(23(26)35)22(34)25(16,37)21(14)33/h6-8,12,16-17,19,29,31-33,37H,1-5H3,(H2,26,35)/t8-,12+,16+,17-,19-,25-/m0/s1. The van der Waals surface area contributed by atoms with Crippen molar-refractivity contribution in [2.24, 2.45) is 17.6 Å². The number of phenolic OH excluding ortho intramolecular Hbond substituents is 1. The van der Waals surface area contributed by atoms with Crippen molar-refractivity contribution in [2.45, 2.75) is 30.6 Å². The average Bonchev–Trinajstić information content (AvgIpc) is 2.80. The number of hydrogen-bond acceptors (Lipinski definition) is 10. The van der Waals surface area contributed by atoms with E-state index in [1.807, 2.05) is 0 Å². The fourth-order valence-corrected chi connectivity index (χ4v) is 6.13. The van der Waals surface area contributed by atoms with Crippen molar-refractivity contribution in [1.29, 1.82) is 0 Å². The van der Waals surface area contributed by atoms with Crippen molar-refractivity contribution in [3.63, 3.8) is 0 Å². The van der Waals surface area contributed by atoms with Crippen molar-refractivity contribution in [2.75, 3.05) is 28.2 Å². The van der Waals surface area contributed by atoms with Gasteiger partial charge in [0, 0.05) is 31.1 Å². The highest BCUT2D eigenvalue weighted by Gasteiger charge is 2.67. The van der Waals surface area contributed by atoms with Gasteiger partial charge in [0.1, 0.15) is 22.8 Å². The van der Waals surface area contributed by atoms with E-state index in [0.717, 1.165) is 6.07 Å². The summed E-state index contributed by atoms with van der Waals surface area (Å²) in [5, 5.41) is 56.1. The van der Waals surface area contributed by atoms with Gasteiger partial charge < -0.3 is 36.2 Å². The first kappa shape index (κ1) is 26.3. The van der Waals surface area contributed by atoms with Gasteiger partial charge in [-0.05, 0) is 37.7 Å². The molecule has 0 saturated heterocycles. The maximum atomic E-state index is 13.7. The SMILES string of the molecule is C[C@H]1c2c(C(=O)N(C)C)ccc(O)c2C(=O)C2=C(O)[C@]3(O)C(=O)C(C(N)=O)=C(O)[C@@H](N(C)C)[C@@H]3[C@@H](O)[C@@H]21. The van der Waals surface area contributed by atoms with Crippen LogP contribution in [0.4, 0.5) is 0 Å². The van der Waals surface area contributed by atoms with Crippen LogP contribution in [-0.4, -0.2) is 105 Å². The highest BCUT2D eigenvalue weighted by molar-refractivity contribution is 6.25. The minimum atomic E-state index is -2.99. The molecule has 0 spiro atoms. The third-order valence-electron chi connectivity index (χ3n) is 7.75. The fraction of sp³-hybridized carbons (Fsp3) is 0.440. The first-order chi connectivity index (χ1) is 17.1. The number of benzene rings is 1. The summed E-state index contributed by atoms with van der Waals surface area (Å²) in [6.07, 6.45) is -1.74. The molecule has 12 nitrogen and oxygen atoms in total. The van der Waals surface area contributed by atoms with Gasteiger partial charge >= 0.3 is 0 Å². The van der Waals surface area contributed by atoms with Crippen LogP contribution in [0.2, 0.25) is 0 Å². The van der Waals surface area contributed by atoms with Crippen LogP contribution in [0, 0.1) is 11.8 Å². The summed E-state index contributed by atoms with van der Waals surface area (Å²) in [5.41, 5.74) is 0.726. The molecule has 0 saturated carbocycles. The van der Waals surface area contributed by atoms with Gasteiger partial charge in [0.25, 0.3) is 11.8 Å². The van der Waals surface area contributed by atoms with Crippen molar-refractivity contribution >= 4 is 23.4 Å². The summed E-state index contributed by atoms with van der Waals surface area (Å²) < 4.78 is 0. The minimum Gasteiger partial charge on any atom is -0.510 e. The molecule has 37 heavy (non-hydrogen) atoms. The summed E-state index contributed by atoms with van der Waals surface area (Å²) in [4.78, 5) is 54.7. The molecule has 2 amide bonds. The largest absolute Gasteiger partial charge is 0.510 e.